The lowest BCUT2D eigenvalue weighted by molar-refractivity contribution is -0.123. The molecule has 4 atom stereocenters. The molecule has 0 radical (unpaired) electrons. The number of furan rings is 1. The molecule has 19 rings (SSSR count). The minimum absolute atomic E-state index is 0.0456. The number of aromatic nitrogens is 6. The maximum absolute atomic E-state index is 13.1. The normalized spacial score (nSPS) is 18.8. The highest BCUT2D eigenvalue weighted by molar-refractivity contribution is 6.14. The fraction of sp³-hybridized carbons (Fsp3) is 0.194. The number of nitrogens with two attached hydrogens (primary N) is 1. The number of fused-ring (bicyclic) bond motifs is 7. The summed E-state index contributed by atoms with van der Waals surface area (Å²) in [6.07, 6.45) is 10.8. The molecular formula is C93H72N20O21. The van der Waals surface area contributed by atoms with Gasteiger partial charge in [0.2, 0.25) is 22.2 Å². The first-order valence-corrected chi connectivity index (χ1v) is 40.4. The average molecular weight is 1810 g/mol. The summed E-state index contributed by atoms with van der Waals surface area (Å²) >= 11 is 0. The van der Waals surface area contributed by atoms with Crippen LogP contribution in [0.5, 0.6) is 23.0 Å². The highest BCUT2D eigenvalue weighted by Crippen LogP contribution is 2.35. The molecule has 4 aromatic carbocycles. The second-order valence-electron chi connectivity index (χ2n) is 30.8. The van der Waals surface area contributed by atoms with E-state index in [1.165, 1.54) is 98.9 Å². The van der Waals surface area contributed by atoms with Gasteiger partial charge in [0.1, 0.15) is 34.4 Å². The Morgan fingerprint density at radius 3 is 1.08 bits per heavy atom. The Labute approximate surface area is 757 Å². The van der Waals surface area contributed by atoms with Crippen LogP contribution < -0.4 is 72.5 Å². The van der Waals surface area contributed by atoms with Crippen molar-refractivity contribution in [3.63, 3.8) is 0 Å². The molecule has 11 N–H and O–H groups in total. The number of carbonyl (C=O) groups excluding carboxylic acids is 15. The summed E-state index contributed by atoms with van der Waals surface area (Å²) in [6.45, 7) is 0.372. The fourth-order valence-electron chi connectivity index (χ4n) is 15.5. The van der Waals surface area contributed by atoms with Crippen LogP contribution in [-0.2, 0) is 50.1 Å². The maximum Gasteiger partial charge on any atom is 0.356 e. The first-order chi connectivity index (χ1) is 64.5. The summed E-state index contributed by atoms with van der Waals surface area (Å²) in [7, 11) is 8.76. The van der Waals surface area contributed by atoms with E-state index >= 15 is 0 Å². The third kappa shape index (κ3) is 17.6. The maximum atomic E-state index is 13.1. The van der Waals surface area contributed by atoms with Crippen LogP contribution in [0.1, 0.15) is 118 Å². The summed E-state index contributed by atoms with van der Waals surface area (Å²) in [5.74, 6) is 19.4. The average Bonchev–Trinajstić information content (AvgIpc) is 1.65. The van der Waals surface area contributed by atoms with E-state index in [0.717, 1.165) is 27.6 Å². The molecule has 0 saturated carbocycles. The van der Waals surface area contributed by atoms with Crippen molar-refractivity contribution < 1.29 is 100 Å². The topological polar surface area (TPSA) is 540 Å². The van der Waals surface area contributed by atoms with E-state index in [1.54, 1.807) is 116 Å². The van der Waals surface area contributed by atoms with Crippen molar-refractivity contribution in [3.05, 3.63) is 249 Å². The van der Waals surface area contributed by atoms with Gasteiger partial charge in [0.25, 0.3) is 59.1 Å². The molecule has 41 nitrogen and oxygen atoms in total. The molecule has 15 heterocycles. The molecule has 41 heteroatoms. The lowest BCUT2D eigenvalue weighted by atomic mass is 9.99. The van der Waals surface area contributed by atoms with E-state index in [-0.39, 0.29) is 92.4 Å². The number of hydrogen-bond acceptors (Lipinski definition) is 27. The van der Waals surface area contributed by atoms with Gasteiger partial charge in [-0.15, -0.1) is 0 Å². The Balaban J connectivity index is 0.000000130. The molecular weight excluding hydrogens is 1730 g/mol. The van der Waals surface area contributed by atoms with E-state index in [9.17, 15) is 71.9 Å². The molecule has 18 amide bonds. The number of hydrogen-bond donors (Lipinski definition) is 10. The van der Waals surface area contributed by atoms with Crippen molar-refractivity contribution in [2.45, 2.75) is 48.3 Å². The smallest absolute Gasteiger partial charge is 0.356 e. The van der Waals surface area contributed by atoms with Crippen LogP contribution in [-0.4, -0.2) is 230 Å². The van der Waals surface area contributed by atoms with Crippen LogP contribution in [0.15, 0.2) is 169 Å². The fourth-order valence-corrected chi connectivity index (χ4v) is 15.5. The largest absolute Gasteiger partial charge is 0.497 e. The van der Waals surface area contributed by atoms with Crippen LogP contribution in [0.25, 0.3) is 32.7 Å². The molecule has 4 fully saturated rings. The van der Waals surface area contributed by atoms with Crippen molar-refractivity contribution >= 4 is 122 Å². The number of rotatable bonds is 15. The molecule has 4 saturated heterocycles. The van der Waals surface area contributed by atoms with E-state index < -0.39 is 87.7 Å². The van der Waals surface area contributed by atoms with Crippen LogP contribution in [0.2, 0.25) is 0 Å². The van der Waals surface area contributed by atoms with Crippen molar-refractivity contribution in [2.24, 2.45) is 5.73 Å². The second-order valence-corrected chi connectivity index (χ2v) is 30.8. The van der Waals surface area contributed by atoms with Crippen LogP contribution >= 0.6 is 0 Å². The Hall–Kier alpha value is -18.7. The van der Waals surface area contributed by atoms with Gasteiger partial charge in [-0.2, -0.15) is 0 Å². The van der Waals surface area contributed by atoms with Gasteiger partial charge in [0.15, 0.2) is 11.5 Å². The lowest BCUT2D eigenvalue weighted by Gasteiger charge is -2.26. The molecule has 0 spiro atoms. The van der Waals surface area contributed by atoms with Gasteiger partial charge in [-0.05, 0) is 125 Å². The molecule has 134 heavy (non-hydrogen) atoms. The first-order valence-electron chi connectivity index (χ1n) is 40.4. The summed E-state index contributed by atoms with van der Waals surface area (Å²) in [6, 6.07) is 30.7. The van der Waals surface area contributed by atoms with Crippen molar-refractivity contribution in [2.75, 3.05) is 68.8 Å². The molecule has 670 valence electrons. The minimum atomic E-state index is -1.71. The number of nitrogens with one attached hydrogen (secondary N) is 9. The Kier molecular flexibility index (Phi) is 24.0. The number of nitrogens with zero attached hydrogens (tertiary/aromatic N) is 10. The quantitative estimate of drug-likeness (QED) is 0.0401. The van der Waals surface area contributed by atoms with E-state index in [2.05, 4.69) is 125 Å². The van der Waals surface area contributed by atoms with E-state index in [4.69, 9.17) is 33.8 Å². The van der Waals surface area contributed by atoms with Crippen molar-refractivity contribution in [3.8, 4) is 70.4 Å². The molecule has 8 aliphatic heterocycles. The third-order valence-electron chi connectivity index (χ3n) is 22.3. The Bertz CT molecular complexity index is 7250. The monoisotopic (exact) mass is 1800 g/mol. The highest BCUT2D eigenvalue weighted by Gasteiger charge is 2.53. The number of ether oxygens (including phenoxy) is 5. The Morgan fingerprint density at radius 1 is 0.418 bits per heavy atom. The number of primary amides is 1. The molecule has 7 aromatic heterocycles. The zero-order chi connectivity index (χ0) is 94.7. The first kappa shape index (κ1) is 88.8. The molecule has 0 bridgehead atoms. The summed E-state index contributed by atoms with van der Waals surface area (Å²) < 4.78 is 30.9. The minimum Gasteiger partial charge on any atom is -0.497 e. The number of pyridine rings is 6. The van der Waals surface area contributed by atoms with Gasteiger partial charge < -0.3 is 80.0 Å². The van der Waals surface area contributed by atoms with Crippen LogP contribution in [0, 0.1) is 47.4 Å². The van der Waals surface area contributed by atoms with Crippen LogP contribution in [0.3, 0.4) is 0 Å². The van der Waals surface area contributed by atoms with Gasteiger partial charge in [0, 0.05) is 115 Å². The number of amides is 18. The van der Waals surface area contributed by atoms with Crippen molar-refractivity contribution in [1.82, 2.24) is 97.4 Å². The van der Waals surface area contributed by atoms with Gasteiger partial charge in [-0.3, -0.25) is 89.1 Å². The molecule has 8 aliphatic rings. The summed E-state index contributed by atoms with van der Waals surface area (Å²) in [5, 5.41) is 23.5. The lowest BCUT2D eigenvalue weighted by Crippen LogP contribution is -2.54. The highest BCUT2D eigenvalue weighted by atomic mass is 16.5. The molecule has 11 aromatic rings. The third-order valence-corrected chi connectivity index (χ3v) is 22.3. The van der Waals surface area contributed by atoms with Gasteiger partial charge in [0.05, 0.1) is 95.0 Å². The summed E-state index contributed by atoms with van der Waals surface area (Å²) in [4.78, 5) is 217. The number of urea groups is 4. The number of carbonyl (C=O) groups is 15. The number of esters is 1. The number of imide groups is 4. The number of methoxy groups -OCH3 is 5. The predicted octanol–water partition coefficient (Wildman–Crippen LogP) is 2.79. The van der Waals surface area contributed by atoms with E-state index in [0.29, 0.717) is 95.8 Å². The van der Waals surface area contributed by atoms with Gasteiger partial charge >= 0.3 is 30.1 Å². The van der Waals surface area contributed by atoms with Crippen LogP contribution in [0.4, 0.5) is 19.2 Å². The second kappa shape index (κ2) is 36.2. The zero-order valence-corrected chi connectivity index (χ0v) is 71.4. The predicted molar refractivity (Wildman–Crippen MR) is 467 cm³/mol. The Morgan fingerprint density at radius 2 is 0.754 bits per heavy atom. The summed E-state index contributed by atoms with van der Waals surface area (Å²) in [5.41, 5.74) is 6.32. The zero-order valence-electron chi connectivity index (χ0n) is 71.4. The molecule has 0 aliphatic carbocycles. The van der Waals surface area contributed by atoms with Crippen molar-refractivity contribution in [1.29, 1.82) is 0 Å². The standard InChI is InChI=1S/C25H19N5O6.C24H18N6O5.C23H17N5O4.C21H18N4O6/c1-35-17-5-3-16-12-30(21(31)18(16)9-17)13-25(23(33)28-24(34)29-25)8-7-15-11-26-10-14-4-6-19(22(32)36-2)27-20(14)15;1-35-16-4-2-15-11-30(21(32)17(15)8-16)12-24(22(33)28-23(34)29-24)7-6-14-10-26-9-13-3-5-18(20(25)31)27-19(13)14;1-32-17-5-4-16-12-28(20(29)18(16)9-17)13-23(21(30)26-22(31)27-23)7-6-15-11-24-10-14-3-2-8-25-19(14)15;1-22-17(26)16-6-5-13(31-16)7-8-21(19(28)23-20(29)24-21)11-25-10-12-3-4-14(30-2)9-15(12)18(25)27/h3-6,9-11H,12-13H2,1-2H3,(H2,28,29,33,34);2-5,8-10H,11-12H2,1H3,(H2,25,31)(H2,28,29,33,34);2-5,8-11H,12-13H2,1H3,(H2,26,27,30,31);3-6,9H,10-11H2,1-2H3,(H,22,26)(H2,23,24,28,29)/t25-;24-;23-;21-/m1111/s1. The SMILES string of the molecule is CNC(=O)c1ccc(C#C[C@]2(CN3Cc4ccc(OC)cc4C3=O)NC(=O)NC2=O)o1.COC(=O)c1ccc2cncc(C#C[C@]3(CN4Cc5ccc(OC)cc5C4=O)NC(=O)NC3=O)c2n1.COc1ccc2c(c1)C(=O)N(C[C@@]1(C#Cc3cncc4ccc(C(N)=O)nc34)NC(=O)NC1=O)C2.COc1ccc2c(c1)C(=O)N(C[C@@]1(C#Cc3cncc4cccnc34)NC(=O)NC1=O)C2. The molecule has 0 unspecified atom stereocenters. The number of benzene rings is 4. The van der Waals surface area contributed by atoms with Gasteiger partial charge in [-0.1, -0.05) is 65.7 Å². The van der Waals surface area contributed by atoms with Gasteiger partial charge in [-0.25, -0.2) is 33.9 Å². The van der Waals surface area contributed by atoms with E-state index in [1.807, 2.05) is 12.1 Å².